The Hall–Kier alpha value is -3.05. The molecule has 1 atom stereocenters. The van der Waals surface area contributed by atoms with Crippen molar-refractivity contribution in [2.45, 2.75) is 56.7 Å². The lowest BCUT2D eigenvalue weighted by molar-refractivity contribution is -0.143. The van der Waals surface area contributed by atoms with Gasteiger partial charge in [0.2, 0.25) is 0 Å². The minimum atomic E-state index is -0.995. The molecular formula is C33H42Cl2N6O4. The number of urea groups is 1. The molecule has 0 radical (unpaired) electrons. The first-order valence-electron chi connectivity index (χ1n) is 16.1. The van der Waals surface area contributed by atoms with Crippen LogP contribution >= 0.6 is 23.2 Å². The molecule has 12 heteroatoms. The summed E-state index contributed by atoms with van der Waals surface area (Å²) in [4.78, 5) is 48.3. The molecule has 3 fully saturated rings. The summed E-state index contributed by atoms with van der Waals surface area (Å²) in [6, 6.07) is 13.5. The summed E-state index contributed by atoms with van der Waals surface area (Å²) in [5, 5.41) is 7.39. The van der Waals surface area contributed by atoms with Crippen molar-refractivity contribution in [1.29, 1.82) is 0 Å². The van der Waals surface area contributed by atoms with Crippen LogP contribution in [0.15, 0.2) is 42.5 Å². The molecule has 2 aromatic carbocycles. The molecule has 4 aliphatic heterocycles. The fourth-order valence-electron chi connectivity index (χ4n) is 7.10. The Kier molecular flexibility index (Phi) is 10.3. The van der Waals surface area contributed by atoms with Gasteiger partial charge in [-0.25, -0.2) is 9.59 Å². The van der Waals surface area contributed by atoms with Crippen molar-refractivity contribution >= 4 is 46.9 Å². The average Bonchev–Trinajstić information content (AvgIpc) is 3.22. The largest absolute Gasteiger partial charge is 0.436 e. The van der Waals surface area contributed by atoms with Gasteiger partial charge in [0.1, 0.15) is 0 Å². The summed E-state index contributed by atoms with van der Waals surface area (Å²) >= 11 is 12.5. The Morgan fingerprint density at radius 3 is 2.24 bits per heavy atom. The number of carbonyl (C=O) groups is 3. The summed E-state index contributed by atoms with van der Waals surface area (Å²) in [6.07, 6.45) is 2.98. The minimum absolute atomic E-state index is 0.0191. The lowest BCUT2D eigenvalue weighted by atomic mass is 10.0. The summed E-state index contributed by atoms with van der Waals surface area (Å²) in [5.41, 5.74) is 2.72. The molecule has 4 amide bonds. The second kappa shape index (κ2) is 14.6. The van der Waals surface area contributed by atoms with Gasteiger partial charge >= 0.3 is 12.1 Å². The van der Waals surface area contributed by atoms with Crippen LogP contribution in [0.1, 0.15) is 36.8 Å². The molecule has 4 heterocycles. The zero-order valence-corrected chi connectivity index (χ0v) is 27.1. The first kappa shape index (κ1) is 31.9. The van der Waals surface area contributed by atoms with Gasteiger partial charge in [0.15, 0.2) is 6.10 Å². The van der Waals surface area contributed by atoms with Crippen molar-refractivity contribution < 1.29 is 19.1 Å². The number of halogens is 2. The molecule has 4 aliphatic rings. The monoisotopic (exact) mass is 656 g/mol. The Labute approximate surface area is 274 Å². The zero-order valence-electron chi connectivity index (χ0n) is 25.6. The number of carbonyl (C=O) groups excluding carboxylic acids is 3. The van der Waals surface area contributed by atoms with Crippen LogP contribution in [0.2, 0.25) is 10.0 Å². The lowest BCUT2D eigenvalue weighted by Crippen LogP contribution is -2.56. The van der Waals surface area contributed by atoms with Crippen LogP contribution in [0.3, 0.4) is 0 Å². The van der Waals surface area contributed by atoms with Crippen molar-refractivity contribution in [2.24, 2.45) is 0 Å². The molecule has 2 N–H and O–H groups in total. The molecule has 242 valence electrons. The quantitative estimate of drug-likeness (QED) is 0.476. The van der Waals surface area contributed by atoms with Gasteiger partial charge in [-0.2, -0.15) is 0 Å². The van der Waals surface area contributed by atoms with E-state index in [0.717, 1.165) is 62.3 Å². The standard InChI is InChI=1S/C33H42Cl2N6O4/c34-25-19-23(20-26(35)22-25)21-30(31(42)39-17-15-38(16-18-39)27-5-10-36-11-6-27)45-33(44)40-12-8-28(9-13-40)41-14-7-24-3-1-2-4-29(24)37-32(41)43/h1-4,19-20,22,27-28,30,36H,5-18,21H2,(H,37,43)/t30-/m1/s1. The number of nitrogens with zero attached hydrogens (tertiary/aromatic N) is 4. The van der Waals surface area contributed by atoms with Crippen LogP contribution in [0.25, 0.3) is 0 Å². The van der Waals surface area contributed by atoms with Crippen LogP contribution in [-0.4, -0.2) is 115 Å². The van der Waals surface area contributed by atoms with Gasteiger partial charge in [-0.3, -0.25) is 9.69 Å². The van der Waals surface area contributed by atoms with E-state index >= 15 is 0 Å². The van der Waals surface area contributed by atoms with Gasteiger partial charge in [-0.1, -0.05) is 41.4 Å². The molecule has 0 unspecified atom stereocenters. The van der Waals surface area contributed by atoms with Gasteiger partial charge in [0.25, 0.3) is 5.91 Å². The van der Waals surface area contributed by atoms with Gasteiger partial charge in [-0.05, 0) is 80.6 Å². The molecule has 6 rings (SSSR count). The smallest absolute Gasteiger partial charge is 0.410 e. The van der Waals surface area contributed by atoms with Gasteiger partial charge in [-0.15, -0.1) is 0 Å². The summed E-state index contributed by atoms with van der Waals surface area (Å²) in [5.74, 6) is -0.194. The highest BCUT2D eigenvalue weighted by atomic mass is 35.5. The number of nitrogens with one attached hydrogen (secondary N) is 2. The normalized spacial score (nSPS) is 21.1. The molecule has 0 bridgehead atoms. The van der Waals surface area contributed by atoms with Crippen molar-refractivity contribution in [3.63, 3.8) is 0 Å². The second-order valence-corrected chi connectivity index (χ2v) is 13.3. The van der Waals surface area contributed by atoms with E-state index in [-0.39, 0.29) is 24.4 Å². The molecule has 0 saturated carbocycles. The highest BCUT2D eigenvalue weighted by Gasteiger charge is 2.36. The van der Waals surface area contributed by atoms with Crippen LogP contribution in [0.5, 0.6) is 0 Å². The molecule has 0 spiro atoms. The molecule has 2 aromatic rings. The number of benzene rings is 2. The van der Waals surface area contributed by atoms with Crippen molar-refractivity contribution in [3.8, 4) is 0 Å². The Balaban J connectivity index is 1.07. The van der Waals surface area contributed by atoms with E-state index < -0.39 is 12.2 Å². The maximum Gasteiger partial charge on any atom is 0.410 e. The number of rotatable bonds is 6. The Bertz CT molecular complexity index is 1350. The highest BCUT2D eigenvalue weighted by Crippen LogP contribution is 2.26. The van der Waals surface area contributed by atoms with Crippen molar-refractivity contribution in [3.05, 3.63) is 63.6 Å². The second-order valence-electron chi connectivity index (χ2n) is 12.4. The van der Waals surface area contributed by atoms with Crippen molar-refractivity contribution in [2.75, 3.05) is 64.2 Å². The van der Waals surface area contributed by atoms with Crippen molar-refractivity contribution in [1.82, 2.24) is 24.9 Å². The molecule has 0 aliphatic carbocycles. The average molecular weight is 658 g/mol. The van der Waals surface area contributed by atoms with E-state index in [4.69, 9.17) is 27.9 Å². The number of hydrogen-bond acceptors (Lipinski definition) is 6. The minimum Gasteiger partial charge on any atom is -0.436 e. The number of piperidine rings is 2. The number of piperazine rings is 1. The molecule has 45 heavy (non-hydrogen) atoms. The molecule has 10 nitrogen and oxygen atoms in total. The number of para-hydroxylation sites is 1. The van der Waals surface area contributed by atoms with Crippen LogP contribution in [-0.2, 0) is 22.4 Å². The fourth-order valence-corrected chi connectivity index (χ4v) is 7.67. The van der Waals surface area contributed by atoms with Crippen LogP contribution in [0, 0.1) is 0 Å². The van der Waals surface area contributed by atoms with Gasteiger partial charge in [0, 0.05) is 80.1 Å². The van der Waals surface area contributed by atoms with E-state index in [1.165, 1.54) is 0 Å². The van der Waals surface area contributed by atoms with Crippen LogP contribution in [0.4, 0.5) is 15.3 Å². The Morgan fingerprint density at radius 1 is 0.844 bits per heavy atom. The third-order valence-corrected chi connectivity index (χ3v) is 10.1. The summed E-state index contributed by atoms with van der Waals surface area (Å²) in [6.45, 7) is 6.38. The van der Waals surface area contributed by atoms with Gasteiger partial charge < -0.3 is 30.1 Å². The third-order valence-electron chi connectivity index (χ3n) is 9.62. The van der Waals surface area contributed by atoms with E-state index in [2.05, 4.69) is 15.5 Å². The lowest BCUT2D eigenvalue weighted by Gasteiger charge is -2.41. The summed E-state index contributed by atoms with van der Waals surface area (Å²) < 4.78 is 5.99. The number of ether oxygens (including phenoxy) is 1. The predicted octanol–water partition coefficient (Wildman–Crippen LogP) is 4.49. The molecule has 0 aromatic heterocycles. The van der Waals surface area contributed by atoms with E-state index in [1.807, 2.05) is 34.1 Å². The number of likely N-dealkylation sites (tertiary alicyclic amines) is 1. The fraction of sp³-hybridized carbons (Fsp3) is 0.545. The predicted molar refractivity (Wildman–Crippen MR) is 175 cm³/mol. The Morgan fingerprint density at radius 2 is 1.53 bits per heavy atom. The molecular weight excluding hydrogens is 615 g/mol. The summed E-state index contributed by atoms with van der Waals surface area (Å²) in [7, 11) is 0. The number of hydrogen-bond donors (Lipinski definition) is 2. The van der Waals surface area contributed by atoms with E-state index in [1.54, 1.807) is 23.1 Å². The maximum atomic E-state index is 13.9. The van der Waals surface area contributed by atoms with E-state index in [9.17, 15) is 14.4 Å². The molecule has 3 saturated heterocycles. The first-order chi connectivity index (χ1) is 21.8. The SMILES string of the molecule is O=C(O[C@H](Cc1cc(Cl)cc(Cl)c1)C(=O)N1CCN(C2CCNCC2)CC1)N1CCC(N2CCc3ccccc3NC2=O)CC1. The van der Waals surface area contributed by atoms with Crippen LogP contribution < -0.4 is 10.6 Å². The first-order valence-corrected chi connectivity index (χ1v) is 16.9. The van der Waals surface area contributed by atoms with Gasteiger partial charge in [0.05, 0.1) is 0 Å². The number of anilines is 1. The third kappa shape index (κ3) is 7.85. The maximum absolute atomic E-state index is 13.9. The number of fused-ring (bicyclic) bond motifs is 1. The number of amides is 4. The zero-order chi connectivity index (χ0) is 31.3. The topological polar surface area (TPSA) is 97.5 Å². The van der Waals surface area contributed by atoms with E-state index in [0.29, 0.717) is 61.7 Å². The highest BCUT2D eigenvalue weighted by molar-refractivity contribution is 6.34.